The normalized spacial score (nSPS) is 10.6. The summed E-state index contributed by atoms with van der Waals surface area (Å²) in [6.07, 6.45) is 3.94. The van der Waals surface area contributed by atoms with Gasteiger partial charge in [-0.3, -0.25) is 4.79 Å². The van der Waals surface area contributed by atoms with Gasteiger partial charge in [-0.2, -0.15) is 0 Å². The van der Waals surface area contributed by atoms with Crippen LogP contribution in [0, 0.1) is 0 Å². The molecule has 0 aliphatic heterocycles. The van der Waals surface area contributed by atoms with Crippen molar-refractivity contribution in [1.29, 1.82) is 0 Å². The largest absolute Gasteiger partial charge is 0.355 e. The first-order valence-electron chi connectivity index (χ1n) is 4.76. The second-order valence-electron chi connectivity index (χ2n) is 3.18. The fourth-order valence-electron chi connectivity index (χ4n) is 1.36. The number of rotatable bonds is 3. The van der Waals surface area contributed by atoms with Crippen molar-refractivity contribution in [2.24, 2.45) is 0 Å². The topological polar surface area (TPSA) is 29.1 Å². The highest BCUT2D eigenvalue weighted by Crippen LogP contribution is 2.14. The molecule has 0 saturated heterocycles. The molecule has 1 rings (SSSR count). The van der Waals surface area contributed by atoms with Gasteiger partial charge in [0, 0.05) is 17.9 Å². The summed E-state index contributed by atoms with van der Waals surface area (Å²) in [6, 6.07) is 5.83. The minimum Gasteiger partial charge on any atom is -0.355 e. The zero-order valence-electron chi connectivity index (χ0n) is 8.88. The lowest BCUT2D eigenvalue weighted by Crippen LogP contribution is -2.18. The standard InChI is InChI=1S/C12H14BrNO/c1-3-4-9-5-10(8-13)7-11(6-9)12(15)14-2/h3-7H,8H2,1-2H3,(H,14,15)/b4-3+. The van der Waals surface area contributed by atoms with Gasteiger partial charge in [-0.05, 0) is 30.2 Å². The highest BCUT2D eigenvalue weighted by atomic mass is 79.9. The van der Waals surface area contributed by atoms with E-state index in [1.807, 2.05) is 31.2 Å². The van der Waals surface area contributed by atoms with Crippen LogP contribution in [0.1, 0.15) is 28.4 Å². The molecule has 0 aliphatic rings. The molecule has 1 aromatic carbocycles. The highest BCUT2D eigenvalue weighted by Gasteiger charge is 2.05. The predicted octanol–water partition coefficient (Wildman–Crippen LogP) is 2.97. The number of hydrogen-bond acceptors (Lipinski definition) is 1. The molecule has 0 atom stereocenters. The number of halogens is 1. The monoisotopic (exact) mass is 267 g/mol. The summed E-state index contributed by atoms with van der Waals surface area (Å²) in [7, 11) is 1.64. The number of amides is 1. The smallest absolute Gasteiger partial charge is 0.251 e. The molecule has 0 bridgehead atoms. The van der Waals surface area contributed by atoms with Gasteiger partial charge in [0.15, 0.2) is 0 Å². The molecule has 0 fully saturated rings. The molecule has 0 aliphatic carbocycles. The van der Waals surface area contributed by atoms with Crippen LogP contribution in [0.4, 0.5) is 0 Å². The maximum absolute atomic E-state index is 11.5. The van der Waals surface area contributed by atoms with E-state index < -0.39 is 0 Å². The van der Waals surface area contributed by atoms with Crippen LogP contribution in [0.25, 0.3) is 6.08 Å². The van der Waals surface area contributed by atoms with E-state index >= 15 is 0 Å². The Morgan fingerprint density at radius 1 is 1.47 bits per heavy atom. The number of carbonyl (C=O) groups is 1. The Hall–Kier alpha value is -1.09. The second kappa shape index (κ2) is 5.71. The van der Waals surface area contributed by atoms with Gasteiger partial charge in [-0.1, -0.05) is 34.1 Å². The minimum absolute atomic E-state index is 0.0523. The first-order valence-corrected chi connectivity index (χ1v) is 5.88. The van der Waals surface area contributed by atoms with E-state index in [1.54, 1.807) is 7.05 Å². The van der Waals surface area contributed by atoms with Crippen LogP contribution in [0.5, 0.6) is 0 Å². The van der Waals surface area contributed by atoms with Crippen LogP contribution in [0.2, 0.25) is 0 Å². The summed E-state index contributed by atoms with van der Waals surface area (Å²) >= 11 is 3.39. The Labute approximate surface area is 98.5 Å². The lowest BCUT2D eigenvalue weighted by molar-refractivity contribution is 0.0963. The third kappa shape index (κ3) is 3.20. The van der Waals surface area contributed by atoms with Gasteiger partial charge in [0.25, 0.3) is 5.91 Å². The van der Waals surface area contributed by atoms with E-state index in [0.29, 0.717) is 5.56 Å². The Kier molecular flexibility index (Phi) is 4.56. The van der Waals surface area contributed by atoms with Crippen LogP contribution in [-0.4, -0.2) is 13.0 Å². The maximum Gasteiger partial charge on any atom is 0.251 e. The number of carbonyl (C=O) groups excluding carboxylic acids is 1. The van der Waals surface area contributed by atoms with Crippen LogP contribution in [0.15, 0.2) is 24.3 Å². The van der Waals surface area contributed by atoms with E-state index in [4.69, 9.17) is 0 Å². The summed E-state index contributed by atoms with van der Waals surface area (Å²) in [6.45, 7) is 1.96. The number of benzene rings is 1. The zero-order chi connectivity index (χ0) is 11.3. The molecule has 0 heterocycles. The quantitative estimate of drug-likeness (QED) is 0.839. The van der Waals surface area contributed by atoms with Gasteiger partial charge in [-0.25, -0.2) is 0 Å². The van der Waals surface area contributed by atoms with Crippen molar-refractivity contribution in [2.75, 3.05) is 7.05 Å². The third-order valence-corrected chi connectivity index (χ3v) is 2.67. The molecule has 1 amide bonds. The summed E-state index contributed by atoms with van der Waals surface area (Å²) in [4.78, 5) is 11.5. The van der Waals surface area contributed by atoms with E-state index in [0.717, 1.165) is 16.5 Å². The molecule has 0 spiro atoms. The van der Waals surface area contributed by atoms with Crippen molar-refractivity contribution in [1.82, 2.24) is 5.32 Å². The van der Waals surface area contributed by atoms with Crippen molar-refractivity contribution >= 4 is 27.9 Å². The molecular formula is C12H14BrNO. The second-order valence-corrected chi connectivity index (χ2v) is 3.74. The van der Waals surface area contributed by atoms with Gasteiger partial charge >= 0.3 is 0 Å². The fourth-order valence-corrected chi connectivity index (χ4v) is 1.68. The SMILES string of the molecule is C/C=C/c1cc(CBr)cc(C(=O)NC)c1. The maximum atomic E-state index is 11.5. The Morgan fingerprint density at radius 2 is 2.20 bits per heavy atom. The van der Waals surface area contributed by atoms with Gasteiger partial charge in [0.2, 0.25) is 0 Å². The highest BCUT2D eigenvalue weighted by molar-refractivity contribution is 9.08. The fraction of sp³-hybridized carbons (Fsp3) is 0.250. The average molecular weight is 268 g/mol. The van der Waals surface area contributed by atoms with Crippen LogP contribution in [-0.2, 0) is 5.33 Å². The molecule has 0 unspecified atom stereocenters. The summed E-state index contributed by atoms with van der Waals surface area (Å²) in [5.41, 5.74) is 2.85. The van der Waals surface area contributed by atoms with Gasteiger partial charge in [-0.15, -0.1) is 0 Å². The Balaban J connectivity index is 3.16. The number of allylic oxidation sites excluding steroid dienone is 1. The van der Waals surface area contributed by atoms with Crippen LogP contribution in [0.3, 0.4) is 0 Å². The van der Waals surface area contributed by atoms with E-state index in [9.17, 15) is 4.79 Å². The predicted molar refractivity (Wildman–Crippen MR) is 67.2 cm³/mol. The van der Waals surface area contributed by atoms with Crippen molar-refractivity contribution in [3.05, 3.63) is 41.0 Å². The average Bonchev–Trinajstić information content (AvgIpc) is 2.28. The van der Waals surface area contributed by atoms with Crippen LogP contribution >= 0.6 is 15.9 Å². The van der Waals surface area contributed by atoms with E-state index in [1.165, 1.54) is 0 Å². The molecule has 0 aromatic heterocycles. The minimum atomic E-state index is -0.0523. The number of hydrogen-bond donors (Lipinski definition) is 1. The Bertz CT molecular complexity index is 385. The molecule has 15 heavy (non-hydrogen) atoms. The van der Waals surface area contributed by atoms with Crippen molar-refractivity contribution in [3.63, 3.8) is 0 Å². The molecular weight excluding hydrogens is 254 g/mol. The summed E-state index contributed by atoms with van der Waals surface area (Å²) in [5.74, 6) is -0.0523. The molecule has 2 nitrogen and oxygen atoms in total. The van der Waals surface area contributed by atoms with Crippen molar-refractivity contribution in [3.8, 4) is 0 Å². The molecule has 0 radical (unpaired) electrons. The third-order valence-electron chi connectivity index (χ3n) is 2.02. The molecule has 3 heteroatoms. The lowest BCUT2D eigenvalue weighted by atomic mass is 10.1. The zero-order valence-corrected chi connectivity index (χ0v) is 10.5. The van der Waals surface area contributed by atoms with Crippen molar-refractivity contribution in [2.45, 2.75) is 12.3 Å². The molecule has 80 valence electrons. The van der Waals surface area contributed by atoms with Gasteiger partial charge < -0.3 is 5.32 Å². The first kappa shape index (κ1) is 12.0. The molecule has 1 aromatic rings. The first-order chi connectivity index (χ1) is 7.21. The van der Waals surface area contributed by atoms with Crippen LogP contribution < -0.4 is 5.32 Å². The van der Waals surface area contributed by atoms with Gasteiger partial charge in [0.1, 0.15) is 0 Å². The lowest BCUT2D eigenvalue weighted by Gasteiger charge is -2.04. The summed E-state index contributed by atoms with van der Waals surface area (Å²) in [5, 5.41) is 3.38. The van der Waals surface area contributed by atoms with E-state index in [-0.39, 0.29) is 5.91 Å². The molecule has 0 saturated carbocycles. The Morgan fingerprint density at radius 3 is 2.73 bits per heavy atom. The van der Waals surface area contributed by atoms with E-state index in [2.05, 4.69) is 27.3 Å². The van der Waals surface area contributed by atoms with Crippen molar-refractivity contribution < 1.29 is 4.79 Å². The number of alkyl halides is 1. The number of nitrogens with one attached hydrogen (secondary N) is 1. The van der Waals surface area contributed by atoms with Gasteiger partial charge in [0.05, 0.1) is 0 Å². The summed E-state index contributed by atoms with van der Waals surface area (Å²) < 4.78 is 0. The molecule has 1 N–H and O–H groups in total.